The van der Waals surface area contributed by atoms with Crippen molar-refractivity contribution < 1.29 is 0 Å². The highest BCUT2D eigenvalue weighted by molar-refractivity contribution is 5.74. The van der Waals surface area contributed by atoms with Crippen LogP contribution in [0.3, 0.4) is 0 Å². The highest BCUT2D eigenvalue weighted by Crippen LogP contribution is 2.35. The summed E-state index contributed by atoms with van der Waals surface area (Å²) < 4.78 is 0. The molecule has 0 atom stereocenters. The molecule has 0 radical (unpaired) electrons. The second-order valence-corrected chi connectivity index (χ2v) is 5.66. The molecule has 0 saturated heterocycles. The molecule has 3 aromatic rings. The molecule has 4 rings (SSSR count). The van der Waals surface area contributed by atoms with E-state index in [1.54, 1.807) is 0 Å². The van der Waals surface area contributed by atoms with E-state index in [0.717, 1.165) is 24.1 Å². The molecule has 0 fully saturated rings. The average molecular weight is 295 g/mol. The molecule has 110 valence electrons. The first-order chi connectivity index (χ1) is 11.4. The van der Waals surface area contributed by atoms with Crippen LogP contribution in [0.25, 0.3) is 0 Å². The lowest BCUT2D eigenvalue weighted by atomic mass is 10.1. The Morgan fingerprint density at radius 1 is 0.652 bits per heavy atom. The zero-order valence-corrected chi connectivity index (χ0v) is 12.9. The fourth-order valence-electron chi connectivity index (χ4n) is 3.06. The molecule has 0 amide bonds. The predicted octanol–water partition coefficient (Wildman–Crippen LogP) is 4.78. The number of fused-ring (bicyclic) bond motifs is 1. The highest BCUT2D eigenvalue weighted by Gasteiger charge is 2.21. The van der Waals surface area contributed by atoms with Gasteiger partial charge in [0.15, 0.2) is 0 Å². The first-order valence-corrected chi connectivity index (χ1v) is 7.93. The minimum atomic E-state index is 1.02. The predicted molar refractivity (Wildman–Crippen MR) is 96.0 cm³/mol. The van der Waals surface area contributed by atoms with E-state index in [-0.39, 0.29) is 0 Å². The maximum Gasteiger partial charge on any atom is 0.0570 e. The van der Waals surface area contributed by atoms with Gasteiger partial charge < -0.3 is 4.90 Å². The average Bonchev–Trinajstić information content (AvgIpc) is 3.05. The molecular formula is C22H17N. The van der Waals surface area contributed by atoms with Gasteiger partial charge in [-0.25, -0.2) is 0 Å². The molecular weight excluding hydrogens is 278 g/mol. The summed E-state index contributed by atoms with van der Waals surface area (Å²) in [4.78, 5) is 2.38. The second-order valence-electron chi connectivity index (χ2n) is 5.66. The van der Waals surface area contributed by atoms with Gasteiger partial charge in [0.1, 0.15) is 0 Å². The topological polar surface area (TPSA) is 3.24 Å². The zero-order chi connectivity index (χ0) is 15.5. The third-order valence-electron chi connectivity index (χ3n) is 4.20. The van der Waals surface area contributed by atoms with E-state index in [1.165, 1.54) is 16.9 Å². The van der Waals surface area contributed by atoms with Crippen molar-refractivity contribution >= 4 is 11.4 Å². The van der Waals surface area contributed by atoms with Crippen LogP contribution in [0.5, 0.6) is 0 Å². The smallest absolute Gasteiger partial charge is 0.0570 e. The molecule has 0 aliphatic carbocycles. The van der Waals surface area contributed by atoms with Crippen LogP contribution < -0.4 is 4.90 Å². The lowest BCUT2D eigenvalue weighted by Crippen LogP contribution is -2.14. The van der Waals surface area contributed by atoms with E-state index in [9.17, 15) is 0 Å². The van der Waals surface area contributed by atoms with Crippen LogP contribution in [0.15, 0.2) is 78.9 Å². The second kappa shape index (κ2) is 6.02. The van der Waals surface area contributed by atoms with Crippen LogP contribution in [-0.2, 0) is 6.42 Å². The minimum Gasteiger partial charge on any atom is -0.340 e. The molecule has 0 bridgehead atoms. The summed E-state index contributed by atoms with van der Waals surface area (Å²) in [6, 6.07) is 27.2. The molecule has 0 aromatic heterocycles. The van der Waals surface area contributed by atoms with E-state index in [0.29, 0.717) is 0 Å². The van der Waals surface area contributed by atoms with Crippen molar-refractivity contribution in [3.63, 3.8) is 0 Å². The van der Waals surface area contributed by atoms with Crippen LogP contribution >= 0.6 is 0 Å². The summed E-state index contributed by atoms with van der Waals surface area (Å²) in [6.45, 7) is 1.02. The van der Waals surface area contributed by atoms with Crippen LogP contribution in [-0.4, -0.2) is 6.54 Å². The van der Waals surface area contributed by atoms with Crippen LogP contribution in [0.4, 0.5) is 11.4 Å². The largest absolute Gasteiger partial charge is 0.340 e. The van der Waals surface area contributed by atoms with Crippen LogP contribution in [0, 0.1) is 11.8 Å². The Kier molecular flexibility index (Phi) is 3.58. The Morgan fingerprint density at radius 3 is 2.22 bits per heavy atom. The van der Waals surface area contributed by atoms with Crippen molar-refractivity contribution in [3.8, 4) is 11.8 Å². The molecule has 1 nitrogen and oxygen atoms in total. The SMILES string of the molecule is C(#Cc1ccccc1N1CCc2ccccc21)c1ccccc1. The Labute approximate surface area is 137 Å². The standard InChI is InChI=1S/C22H17N/c1-2-8-18(9-3-1)14-15-19-10-4-6-12-21(19)23-17-16-20-11-5-7-13-22(20)23/h1-13H,16-17H2. The van der Waals surface area contributed by atoms with Crippen molar-refractivity contribution in [1.29, 1.82) is 0 Å². The van der Waals surface area contributed by atoms with Gasteiger partial charge in [-0.1, -0.05) is 60.4 Å². The van der Waals surface area contributed by atoms with E-state index in [4.69, 9.17) is 0 Å². The van der Waals surface area contributed by atoms with Crippen molar-refractivity contribution in [2.75, 3.05) is 11.4 Å². The fourth-order valence-corrected chi connectivity index (χ4v) is 3.06. The zero-order valence-electron chi connectivity index (χ0n) is 12.9. The molecule has 1 heteroatoms. The van der Waals surface area contributed by atoms with Crippen molar-refractivity contribution in [3.05, 3.63) is 95.6 Å². The summed E-state index contributed by atoms with van der Waals surface area (Å²) in [5, 5.41) is 0. The summed E-state index contributed by atoms with van der Waals surface area (Å²) in [7, 11) is 0. The molecule has 1 aliphatic heterocycles. The van der Waals surface area contributed by atoms with Crippen LogP contribution in [0.2, 0.25) is 0 Å². The maximum absolute atomic E-state index is 3.35. The lowest BCUT2D eigenvalue weighted by molar-refractivity contribution is 0.997. The Hall–Kier alpha value is -2.98. The number of benzene rings is 3. The highest BCUT2D eigenvalue weighted by atomic mass is 15.2. The van der Waals surface area contributed by atoms with Gasteiger partial charge in [0.05, 0.1) is 5.69 Å². The van der Waals surface area contributed by atoms with Gasteiger partial charge in [-0.3, -0.25) is 0 Å². The third kappa shape index (κ3) is 2.72. The number of hydrogen-bond acceptors (Lipinski definition) is 1. The monoisotopic (exact) mass is 295 g/mol. The van der Waals surface area contributed by atoms with Gasteiger partial charge in [0.25, 0.3) is 0 Å². The van der Waals surface area contributed by atoms with Crippen molar-refractivity contribution in [2.24, 2.45) is 0 Å². The first kappa shape index (κ1) is 13.7. The summed E-state index contributed by atoms with van der Waals surface area (Å²) >= 11 is 0. The lowest BCUT2D eigenvalue weighted by Gasteiger charge is -2.21. The Balaban J connectivity index is 1.73. The third-order valence-corrected chi connectivity index (χ3v) is 4.20. The van der Waals surface area contributed by atoms with E-state index in [2.05, 4.69) is 65.3 Å². The van der Waals surface area contributed by atoms with Gasteiger partial charge in [-0.2, -0.15) is 0 Å². The van der Waals surface area contributed by atoms with E-state index in [1.807, 2.05) is 30.3 Å². The van der Waals surface area contributed by atoms with Crippen molar-refractivity contribution in [2.45, 2.75) is 6.42 Å². The summed E-state index contributed by atoms with van der Waals surface area (Å²) in [5.41, 5.74) is 6.04. The van der Waals surface area contributed by atoms with Gasteiger partial charge in [0.2, 0.25) is 0 Å². The molecule has 3 aromatic carbocycles. The van der Waals surface area contributed by atoms with E-state index >= 15 is 0 Å². The number of anilines is 2. The number of nitrogens with zero attached hydrogens (tertiary/aromatic N) is 1. The van der Waals surface area contributed by atoms with E-state index < -0.39 is 0 Å². The summed E-state index contributed by atoms with van der Waals surface area (Å²) in [6.07, 6.45) is 1.09. The number of para-hydroxylation sites is 2. The number of hydrogen-bond donors (Lipinski definition) is 0. The van der Waals surface area contributed by atoms with Gasteiger partial charge in [0, 0.05) is 23.4 Å². The minimum absolute atomic E-state index is 1.02. The Morgan fingerprint density at radius 2 is 1.35 bits per heavy atom. The molecule has 23 heavy (non-hydrogen) atoms. The Bertz CT molecular complexity index is 884. The fraction of sp³-hybridized carbons (Fsp3) is 0.0909. The molecule has 0 N–H and O–H groups in total. The van der Waals surface area contributed by atoms with Gasteiger partial charge in [-0.15, -0.1) is 0 Å². The summed E-state index contributed by atoms with van der Waals surface area (Å²) in [5.74, 6) is 6.62. The normalized spacial score (nSPS) is 12.4. The molecule has 1 heterocycles. The van der Waals surface area contributed by atoms with Gasteiger partial charge >= 0.3 is 0 Å². The van der Waals surface area contributed by atoms with Gasteiger partial charge in [-0.05, 0) is 42.3 Å². The molecule has 0 spiro atoms. The molecule has 1 aliphatic rings. The molecule has 0 saturated carbocycles. The first-order valence-electron chi connectivity index (χ1n) is 7.93. The maximum atomic E-state index is 3.35. The van der Waals surface area contributed by atoms with Crippen LogP contribution in [0.1, 0.15) is 16.7 Å². The molecule has 0 unspecified atom stereocenters. The number of rotatable bonds is 1. The van der Waals surface area contributed by atoms with Crippen molar-refractivity contribution in [1.82, 2.24) is 0 Å². The quantitative estimate of drug-likeness (QED) is 0.584.